The van der Waals surface area contributed by atoms with Gasteiger partial charge in [0.1, 0.15) is 5.75 Å². The Labute approximate surface area is 87.9 Å². The number of benzene rings is 1. The predicted molar refractivity (Wildman–Crippen MR) is 57.0 cm³/mol. The summed E-state index contributed by atoms with van der Waals surface area (Å²) in [5.41, 5.74) is 6.33. The van der Waals surface area contributed by atoms with E-state index in [9.17, 15) is 4.79 Å². The Bertz CT molecular complexity index is 353. The van der Waals surface area contributed by atoms with Gasteiger partial charge in [-0.15, -0.1) is 0 Å². The Morgan fingerprint density at radius 2 is 2.33 bits per heavy atom. The van der Waals surface area contributed by atoms with Gasteiger partial charge in [0.25, 0.3) is 0 Å². The van der Waals surface area contributed by atoms with Crippen LogP contribution in [0.3, 0.4) is 0 Å². The molecule has 0 unspecified atom stereocenters. The molecule has 0 aliphatic carbocycles. The molecule has 0 aliphatic rings. The van der Waals surface area contributed by atoms with E-state index < -0.39 is 6.03 Å². The highest BCUT2D eigenvalue weighted by Gasteiger charge is 2.09. The lowest BCUT2D eigenvalue weighted by Crippen LogP contribution is -2.20. The Hall–Kier alpha value is -1.75. The second-order valence-electron chi connectivity index (χ2n) is 2.95. The Balaban J connectivity index is 3.06. The summed E-state index contributed by atoms with van der Waals surface area (Å²) in [7, 11) is 1.53. The minimum Gasteiger partial charge on any atom is -0.496 e. The Morgan fingerprint density at radius 3 is 2.87 bits per heavy atom. The van der Waals surface area contributed by atoms with E-state index in [-0.39, 0.29) is 6.61 Å². The van der Waals surface area contributed by atoms with Crippen LogP contribution in [0.15, 0.2) is 18.2 Å². The molecule has 15 heavy (non-hydrogen) atoms. The summed E-state index contributed by atoms with van der Waals surface area (Å²) in [6, 6.07) is 4.57. The van der Waals surface area contributed by atoms with Crippen LogP contribution >= 0.6 is 0 Å². The zero-order chi connectivity index (χ0) is 11.3. The van der Waals surface area contributed by atoms with Crippen molar-refractivity contribution < 1.29 is 14.6 Å². The van der Waals surface area contributed by atoms with Gasteiger partial charge in [-0.25, -0.2) is 4.79 Å². The summed E-state index contributed by atoms with van der Waals surface area (Å²) in [4.78, 5) is 10.7. The number of rotatable bonds is 4. The second kappa shape index (κ2) is 5.21. The third kappa shape index (κ3) is 2.85. The molecular formula is C10H14N2O3. The predicted octanol–water partition coefficient (Wildman–Crippen LogP) is 0.721. The topological polar surface area (TPSA) is 84.6 Å². The van der Waals surface area contributed by atoms with Crippen LogP contribution in [-0.2, 0) is 6.42 Å². The fourth-order valence-corrected chi connectivity index (χ4v) is 1.38. The van der Waals surface area contributed by atoms with Crippen LogP contribution in [0.5, 0.6) is 5.75 Å². The minimum atomic E-state index is -0.637. The number of nitrogens with two attached hydrogens (primary N) is 1. The molecule has 0 heterocycles. The van der Waals surface area contributed by atoms with Gasteiger partial charge in [0.15, 0.2) is 0 Å². The van der Waals surface area contributed by atoms with Crippen LogP contribution in [0.25, 0.3) is 0 Å². The first-order chi connectivity index (χ1) is 7.19. The van der Waals surface area contributed by atoms with Crippen molar-refractivity contribution in [3.63, 3.8) is 0 Å². The maximum absolute atomic E-state index is 10.7. The number of methoxy groups -OCH3 is 1. The lowest BCUT2D eigenvalue weighted by molar-refractivity contribution is 0.259. The smallest absolute Gasteiger partial charge is 0.316 e. The number of ether oxygens (including phenoxy) is 1. The van der Waals surface area contributed by atoms with E-state index in [1.165, 1.54) is 7.11 Å². The average molecular weight is 210 g/mol. The molecule has 0 fully saturated rings. The number of anilines is 1. The van der Waals surface area contributed by atoms with Crippen molar-refractivity contribution in [3.8, 4) is 5.75 Å². The van der Waals surface area contributed by atoms with Gasteiger partial charge in [-0.1, -0.05) is 6.07 Å². The van der Waals surface area contributed by atoms with E-state index in [0.29, 0.717) is 17.9 Å². The van der Waals surface area contributed by atoms with Crippen LogP contribution in [0.2, 0.25) is 0 Å². The molecule has 5 nitrogen and oxygen atoms in total. The molecule has 2 amide bonds. The minimum absolute atomic E-state index is 0.0200. The number of hydrogen-bond acceptors (Lipinski definition) is 3. The van der Waals surface area contributed by atoms with E-state index in [2.05, 4.69) is 5.32 Å². The number of nitrogens with one attached hydrogen (secondary N) is 1. The number of aliphatic hydroxyl groups is 1. The van der Waals surface area contributed by atoms with Gasteiger partial charge in [-0.05, 0) is 12.1 Å². The van der Waals surface area contributed by atoms with Crippen molar-refractivity contribution in [2.24, 2.45) is 5.73 Å². The van der Waals surface area contributed by atoms with Gasteiger partial charge < -0.3 is 20.9 Å². The monoisotopic (exact) mass is 210 g/mol. The van der Waals surface area contributed by atoms with Gasteiger partial charge in [-0.2, -0.15) is 0 Å². The summed E-state index contributed by atoms with van der Waals surface area (Å²) in [5, 5.41) is 11.4. The molecule has 0 saturated heterocycles. The van der Waals surface area contributed by atoms with Gasteiger partial charge in [0.05, 0.1) is 7.11 Å². The maximum Gasteiger partial charge on any atom is 0.316 e. The first kappa shape index (κ1) is 11.3. The number of aliphatic hydroxyl groups excluding tert-OH is 1. The molecule has 0 saturated carbocycles. The SMILES string of the molecule is COc1cccc(NC(N)=O)c1CCO. The summed E-state index contributed by atoms with van der Waals surface area (Å²) in [6.45, 7) is -0.0200. The zero-order valence-corrected chi connectivity index (χ0v) is 8.49. The third-order valence-electron chi connectivity index (χ3n) is 1.97. The molecule has 0 aromatic heterocycles. The van der Waals surface area contributed by atoms with Crippen molar-refractivity contribution in [2.75, 3.05) is 19.0 Å². The van der Waals surface area contributed by atoms with Crippen molar-refractivity contribution in [1.29, 1.82) is 0 Å². The van der Waals surface area contributed by atoms with Crippen LogP contribution in [-0.4, -0.2) is 24.9 Å². The number of amides is 2. The van der Waals surface area contributed by atoms with Crippen LogP contribution in [0.1, 0.15) is 5.56 Å². The van der Waals surface area contributed by atoms with E-state index in [1.54, 1.807) is 18.2 Å². The Morgan fingerprint density at radius 1 is 1.60 bits per heavy atom. The van der Waals surface area contributed by atoms with E-state index in [0.717, 1.165) is 5.56 Å². The van der Waals surface area contributed by atoms with Crippen molar-refractivity contribution in [2.45, 2.75) is 6.42 Å². The number of carbonyl (C=O) groups is 1. The summed E-state index contributed by atoms with van der Waals surface area (Å²) in [5.74, 6) is 0.621. The van der Waals surface area contributed by atoms with Crippen molar-refractivity contribution >= 4 is 11.7 Å². The summed E-state index contributed by atoms with van der Waals surface area (Å²) < 4.78 is 5.12. The summed E-state index contributed by atoms with van der Waals surface area (Å²) >= 11 is 0. The van der Waals surface area contributed by atoms with Crippen molar-refractivity contribution in [3.05, 3.63) is 23.8 Å². The van der Waals surface area contributed by atoms with Crippen LogP contribution < -0.4 is 15.8 Å². The van der Waals surface area contributed by atoms with E-state index in [4.69, 9.17) is 15.6 Å². The largest absolute Gasteiger partial charge is 0.496 e. The fraction of sp³-hybridized carbons (Fsp3) is 0.300. The number of hydrogen-bond donors (Lipinski definition) is 3. The molecule has 0 radical (unpaired) electrons. The zero-order valence-electron chi connectivity index (χ0n) is 8.49. The van der Waals surface area contributed by atoms with Gasteiger partial charge >= 0.3 is 6.03 Å². The lowest BCUT2D eigenvalue weighted by Gasteiger charge is -2.12. The highest BCUT2D eigenvalue weighted by Crippen LogP contribution is 2.26. The molecule has 0 atom stereocenters. The molecule has 0 aliphatic heterocycles. The standard InChI is InChI=1S/C10H14N2O3/c1-15-9-4-2-3-8(12-10(11)14)7(9)5-6-13/h2-4,13H,5-6H2,1H3,(H3,11,12,14). The Kier molecular flexibility index (Phi) is 3.93. The molecular weight excluding hydrogens is 196 g/mol. The molecule has 0 bridgehead atoms. The molecule has 5 heteroatoms. The second-order valence-corrected chi connectivity index (χ2v) is 2.95. The normalized spacial score (nSPS) is 9.73. The first-order valence-corrected chi connectivity index (χ1v) is 4.52. The van der Waals surface area contributed by atoms with Gasteiger partial charge in [0.2, 0.25) is 0 Å². The lowest BCUT2D eigenvalue weighted by atomic mass is 10.1. The molecule has 4 N–H and O–H groups in total. The first-order valence-electron chi connectivity index (χ1n) is 4.52. The third-order valence-corrected chi connectivity index (χ3v) is 1.97. The number of primary amides is 1. The molecule has 1 aromatic carbocycles. The van der Waals surface area contributed by atoms with Crippen molar-refractivity contribution in [1.82, 2.24) is 0 Å². The molecule has 82 valence electrons. The van der Waals surface area contributed by atoms with Crippen LogP contribution in [0, 0.1) is 0 Å². The quantitative estimate of drug-likeness (QED) is 0.684. The highest BCUT2D eigenvalue weighted by atomic mass is 16.5. The highest BCUT2D eigenvalue weighted by molar-refractivity contribution is 5.89. The number of carbonyl (C=O) groups excluding carboxylic acids is 1. The molecule has 0 spiro atoms. The maximum atomic E-state index is 10.7. The average Bonchev–Trinajstić information content (AvgIpc) is 2.20. The summed E-state index contributed by atoms with van der Waals surface area (Å²) in [6.07, 6.45) is 0.402. The van der Waals surface area contributed by atoms with Gasteiger partial charge in [0, 0.05) is 24.3 Å². The molecule has 1 aromatic rings. The number of urea groups is 1. The van der Waals surface area contributed by atoms with E-state index in [1.807, 2.05) is 0 Å². The molecule has 1 rings (SSSR count). The van der Waals surface area contributed by atoms with Gasteiger partial charge in [-0.3, -0.25) is 0 Å². The fourth-order valence-electron chi connectivity index (χ4n) is 1.38. The van der Waals surface area contributed by atoms with E-state index >= 15 is 0 Å². The van der Waals surface area contributed by atoms with Crippen LogP contribution in [0.4, 0.5) is 10.5 Å².